The number of tetrazole rings is 1. The maximum Gasteiger partial charge on any atom is 0.250 e. The number of halogens is 1. The fourth-order valence-corrected chi connectivity index (χ4v) is 1.22. The molecule has 0 atom stereocenters. The molecule has 0 saturated carbocycles. The molecule has 1 amide bonds. The van der Waals surface area contributed by atoms with Crippen LogP contribution in [-0.2, 0) is 4.79 Å². The van der Waals surface area contributed by atoms with E-state index in [0.717, 1.165) is 0 Å². The van der Waals surface area contributed by atoms with Gasteiger partial charge in [0.25, 0.3) is 5.91 Å². The molecule has 7 nitrogen and oxygen atoms in total. The van der Waals surface area contributed by atoms with Gasteiger partial charge in [0.15, 0.2) is 0 Å². The van der Waals surface area contributed by atoms with Gasteiger partial charge >= 0.3 is 0 Å². The molecular formula is C9H7ClN6NaO. The second kappa shape index (κ2) is 7.22. The Morgan fingerprint density at radius 2 is 2.28 bits per heavy atom. The van der Waals surface area contributed by atoms with Crippen molar-refractivity contribution >= 4 is 59.1 Å². The van der Waals surface area contributed by atoms with Crippen LogP contribution in [0.4, 0.5) is 5.95 Å². The first-order valence-electron chi connectivity index (χ1n) is 4.59. The molecule has 0 aliphatic carbocycles. The quantitative estimate of drug-likeness (QED) is 0.483. The number of aromatic amines is 1. The van der Waals surface area contributed by atoms with Crippen molar-refractivity contribution in [1.29, 1.82) is 0 Å². The van der Waals surface area contributed by atoms with Crippen LogP contribution in [0, 0.1) is 0 Å². The Morgan fingerprint density at radius 1 is 1.44 bits per heavy atom. The zero-order valence-electron chi connectivity index (χ0n) is 9.46. The number of carbonyl (C=O) groups is 1. The van der Waals surface area contributed by atoms with E-state index in [2.05, 4.69) is 30.9 Å². The van der Waals surface area contributed by atoms with Crippen LogP contribution in [0.2, 0.25) is 5.15 Å². The first-order valence-corrected chi connectivity index (χ1v) is 4.97. The average Bonchev–Trinajstić information content (AvgIpc) is 2.79. The van der Waals surface area contributed by atoms with Crippen molar-refractivity contribution in [3.8, 4) is 0 Å². The summed E-state index contributed by atoms with van der Waals surface area (Å²) in [5.41, 5.74) is 0.586. The maximum absolute atomic E-state index is 11.4. The van der Waals surface area contributed by atoms with Crippen molar-refractivity contribution in [2.24, 2.45) is 0 Å². The summed E-state index contributed by atoms with van der Waals surface area (Å²) in [4.78, 5) is 15.4. The normalized spacial score (nSPS) is 10.1. The van der Waals surface area contributed by atoms with E-state index in [9.17, 15) is 4.79 Å². The Hall–Kier alpha value is -1.28. The van der Waals surface area contributed by atoms with Crippen LogP contribution < -0.4 is 5.32 Å². The van der Waals surface area contributed by atoms with Crippen molar-refractivity contribution in [2.75, 3.05) is 5.32 Å². The van der Waals surface area contributed by atoms with Gasteiger partial charge in [0.05, 0.1) is 5.69 Å². The maximum atomic E-state index is 11.4. The van der Waals surface area contributed by atoms with Gasteiger partial charge in [-0.2, -0.15) is 0 Å². The predicted octanol–water partition coefficient (Wildman–Crippen LogP) is 0.519. The third-order valence-electron chi connectivity index (χ3n) is 1.73. The first kappa shape index (κ1) is 14.8. The molecule has 0 aliphatic rings. The van der Waals surface area contributed by atoms with Gasteiger partial charge in [0, 0.05) is 35.6 Å². The monoisotopic (exact) mass is 273 g/mol. The summed E-state index contributed by atoms with van der Waals surface area (Å²) in [6.07, 6.45) is 2.84. The van der Waals surface area contributed by atoms with Gasteiger partial charge in [0.2, 0.25) is 5.95 Å². The molecule has 87 valence electrons. The summed E-state index contributed by atoms with van der Waals surface area (Å²) >= 11 is 5.70. The zero-order valence-corrected chi connectivity index (χ0v) is 12.2. The zero-order chi connectivity index (χ0) is 12.1. The second-order valence-corrected chi connectivity index (χ2v) is 3.34. The van der Waals surface area contributed by atoms with E-state index in [4.69, 9.17) is 11.6 Å². The molecule has 0 spiro atoms. The third kappa shape index (κ3) is 4.53. The van der Waals surface area contributed by atoms with Crippen molar-refractivity contribution in [3.05, 3.63) is 35.1 Å². The van der Waals surface area contributed by atoms with Crippen LogP contribution in [0.25, 0.3) is 6.08 Å². The van der Waals surface area contributed by atoms with E-state index >= 15 is 0 Å². The number of rotatable bonds is 3. The Bertz CT molecular complexity index is 544. The summed E-state index contributed by atoms with van der Waals surface area (Å²) in [6.45, 7) is 0. The fourth-order valence-electron chi connectivity index (χ4n) is 1.05. The SMILES string of the molecule is O=C(C=Cc1cccc(Cl)n1)Nc1nnn[nH]1.[Na]. The van der Waals surface area contributed by atoms with Gasteiger partial charge in [-0.25, -0.2) is 10.1 Å². The van der Waals surface area contributed by atoms with Crippen LogP contribution >= 0.6 is 11.6 Å². The van der Waals surface area contributed by atoms with Crippen molar-refractivity contribution in [2.45, 2.75) is 0 Å². The minimum Gasteiger partial charge on any atom is -0.290 e. The minimum atomic E-state index is -0.370. The van der Waals surface area contributed by atoms with Gasteiger partial charge in [0.1, 0.15) is 5.15 Å². The van der Waals surface area contributed by atoms with Crippen LogP contribution in [0.3, 0.4) is 0 Å². The Kier molecular flexibility index (Phi) is 5.93. The predicted molar refractivity (Wildman–Crippen MR) is 66.8 cm³/mol. The standard InChI is InChI=1S/C9H7ClN6O.Na/c10-7-3-1-2-6(11-7)4-5-8(17)12-9-13-15-16-14-9;/h1-5H,(H2,12,13,14,15,16,17);. The summed E-state index contributed by atoms with van der Waals surface area (Å²) in [5, 5.41) is 15.3. The number of hydrogen-bond donors (Lipinski definition) is 2. The summed E-state index contributed by atoms with van der Waals surface area (Å²) in [6, 6.07) is 5.12. The molecule has 2 aromatic rings. The van der Waals surface area contributed by atoms with Crippen molar-refractivity contribution in [1.82, 2.24) is 25.6 Å². The third-order valence-corrected chi connectivity index (χ3v) is 1.94. The molecule has 0 aromatic carbocycles. The van der Waals surface area contributed by atoms with Gasteiger partial charge < -0.3 is 0 Å². The molecule has 0 fully saturated rings. The van der Waals surface area contributed by atoms with Gasteiger partial charge in [-0.15, -0.1) is 0 Å². The number of carbonyl (C=O) groups excluding carboxylic acids is 1. The number of nitrogens with zero attached hydrogens (tertiary/aromatic N) is 4. The molecule has 0 saturated heterocycles. The molecule has 0 bridgehead atoms. The van der Waals surface area contributed by atoms with E-state index in [1.54, 1.807) is 18.2 Å². The molecular weight excluding hydrogens is 267 g/mol. The van der Waals surface area contributed by atoms with Gasteiger partial charge in [-0.1, -0.05) is 22.8 Å². The molecule has 0 unspecified atom stereocenters. The van der Waals surface area contributed by atoms with E-state index < -0.39 is 0 Å². The van der Waals surface area contributed by atoms with Crippen molar-refractivity contribution in [3.63, 3.8) is 0 Å². The molecule has 2 heterocycles. The average molecular weight is 274 g/mol. The van der Waals surface area contributed by atoms with Crippen LogP contribution in [0.15, 0.2) is 24.3 Å². The van der Waals surface area contributed by atoms with E-state index in [1.807, 2.05) is 0 Å². The Balaban J connectivity index is 0.00000162. The topological polar surface area (TPSA) is 96.5 Å². The second-order valence-electron chi connectivity index (χ2n) is 2.96. The molecule has 2 rings (SSSR count). The first-order chi connectivity index (χ1) is 8.24. The largest absolute Gasteiger partial charge is 0.290 e. The van der Waals surface area contributed by atoms with E-state index in [1.165, 1.54) is 12.2 Å². The Morgan fingerprint density at radius 3 is 2.94 bits per heavy atom. The number of pyridine rings is 1. The summed E-state index contributed by atoms with van der Waals surface area (Å²) in [7, 11) is 0. The molecule has 18 heavy (non-hydrogen) atoms. The fraction of sp³-hybridized carbons (Fsp3) is 0. The van der Waals surface area contributed by atoms with Crippen molar-refractivity contribution < 1.29 is 4.79 Å². The molecule has 9 heteroatoms. The van der Waals surface area contributed by atoms with E-state index in [-0.39, 0.29) is 41.4 Å². The molecule has 2 N–H and O–H groups in total. The van der Waals surface area contributed by atoms with E-state index in [0.29, 0.717) is 10.8 Å². The summed E-state index contributed by atoms with van der Waals surface area (Å²) < 4.78 is 0. The van der Waals surface area contributed by atoms with Crippen LogP contribution in [0.1, 0.15) is 5.69 Å². The smallest absolute Gasteiger partial charge is 0.250 e. The molecule has 1 radical (unpaired) electrons. The van der Waals surface area contributed by atoms with Crippen LogP contribution in [-0.4, -0.2) is 61.1 Å². The summed E-state index contributed by atoms with van der Waals surface area (Å²) in [5.74, 6) is -0.191. The molecule has 2 aromatic heterocycles. The van der Waals surface area contributed by atoms with Gasteiger partial charge in [-0.3, -0.25) is 10.1 Å². The number of amides is 1. The number of hydrogen-bond acceptors (Lipinski definition) is 5. The van der Waals surface area contributed by atoms with Gasteiger partial charge in [-0.05, 0) is 28.6 Å². The molecule has 0 aliphatic heterocycles. The minimum absolute atomic E-state index is 0. The van der Waals surface area contributed by atoms with Crippen LogP contribution in [0.5, 0.6) is 0 Å². The number of aromatic nitrogens is 5. The number of anilines is 1. The number of nitrogens with one attached hydrogen (secondary N) is 2. The number of H-pyrrole nitrogens is 1. The Labute approximate surface area is 129 Å².